The van der Waals surface area contributed by atoms with Gasteiger partial charge in [-0.3, -0.25) is 14.4 Å². The fraction of sp³-hybridized carbons (Fsp3) is 0.190. The molecule has 2 amide bonds. The lowest BCUT2D eigenvalue weighted by Gasteiger charge is -2.12. The molecule has 0 saturated heterocycles. The minimum Gasteiger partial charge on any atom is -0.497 e. The maximum absolute atomic E-state index is 13.0. The number of benzene rings is 2. The topological polar surface area (TPSA) is 93.7 Å². The summed E-state index contributed by atoms with van der Waals surface area (Å²) in [5.41, 5.74) is -0.143. The van der Waals surface area contributed by atoms with E-state index >= 15 is 0 Å². The number of hydrogen-bond donors (Lipinski definition) is 2. The molecule has 2 N–H and O–H groups in total. The second-order valence-electron chi connectivity index (χ2n) is 6.06. The normalized spacial score (nSPS) is 10.6. The van der Waals surface area contributed by atoms with E-state index in [9.17, 15) is 14.4 Å². The van der Waals surface area contributed by atoms with Crippen LogP contribution >= 0.6 is 11.3 Å². The maximum Gasteiger partial charge on any atom is 0.258 e. The summed E-state index contributed by atoms with van der Waals surface area (Å²) in [7, 11) is 3.06. The predicted octanol–water partition coefficient (Wildman–Crippen LogP) is 2.90. The molecule has 0 spiro atoms. The summed E-state index contributed by atoms with van der Waals surface area (Å²) in [6.45, 7) is 0.558. The summed E-state index contributed by atoms with van der Waals surface area (Å²) in [6, 6.07) is 13.5. The lowest BCUT2D eigenvalue weighted by atomic mass is 10.1. The fourth-order valence-electron chi connectivity index (χ4n) is 2.71. The Hall–Kier alpha value is -3.23. The summed E-state index contributed by atoms with van der Waals surface area (Å²) < 4.78 is 10.7. The molecule has 29 heavy (non-hydrogen) atoms. The Balaban J connectivity index is 1.99. The minimum absolute atomic E-state index is 0.0911. The molecule has 0 saturated carbocycles. The van der Waals surface area contributed by atoms with Crippen molar-refractivity contribution >= 4 is 38.2 Å². The van der Waals surface area contributed by atoms with E-state index in [-0.39, 0.29) is 17.1 Å². The molecule has 0 aliphatic carbocycles. The third-order valence-electron chi connectivity index (χ3n) is 4.20. The molecule has 3 aromatic rings. The van der Waals surface area contributed by atoms with Crippen LogP contribution in [0, 0.1) is 0 Å². The first-order valence-electron chi connectivity index (χ1n) is 8.83. The quantitative estimate of drug-likeness (QED) is 0.582. The monoisotopic (exact) mass is 412 g/mol. The van der Waals surface area contributed by atoms with Crippen LogP contribution in [-0.4, -0.2) is 39.2 Å². The van der Waals surface area contributed by atoms with Gasteiger partial charge < -0.3 is 20.1 Å². The zero-order valence-electron chi connectivity index (χ0n) is 16.0. The number of anilines is 1. The molecule has 1 aromatic heterocycles. The zero-order valence-corrected chi connectivity index (χ0v) is 16.8. The molecule has 0 radical (unpaired) electrons. The number of ether oxygens (including phenoxy) is 2. The first-order chi connectivity index (χ1) is 14.0. The van der Waals surface area contributed by atoms with Crippen LogP contribution < -0.4 is 20.8 Å². The predicted molar refractivity (Wildman–Crippen MR) is 113 cm³/mol. The number of fused-ring (bicyclic) bond motifs is 1. The van der Waals surface area contributed by atoms with E-state index < -0.39 is 17.2 Å². The smallest absolute Gasteiger partial charge is 0.258 e. The van der Waals surface area contributed by atoms with Gasteiger partial charge in [0, 0.05) is 29.3 Å². The van der Waals surface area contributed by atoms with Crippen molar-refractivity contribution in [3.63, 3.8) is 0 Å². The summed E-state index contributed by atoms with van der Waals surface area (Å²) in [4.78, 5) is 38.3. The van der Waals surface area contributed by atoms with E-state index in [1.165, 1.54) is 25.6 Å². The molecule has 3 rings (SSSR count). The number of rotatable bonds is 7. The fourth-order valence-corrected chi connectivity index (χ4v) is 3.78. The van der Waals surface area contributed by atoms with Crippen molar-refractivity contribution in [2.45, 2.75) is 0 Å². The van der Waals surface area contributed by atoms with Gasteiger partial charge in [-0.25, -0.2) is 0 Å². The molecular weight excluding hydrogens is 392 g/mol. The Morgan fingerprint density at radius 2 is 1.72 bits per heavy atom. The summed E-state index contributed by atoms with van der Waals surface area (Å²) in [6.07, 6.45) is 0. The van der Waals surface area contributed by atoms with Crippen LogP contribution in [0.4, 0.5) is 5.00 Å². The highest BCUT2D eigenvalue weighted by atomic mass is 32.1. The largest absolute Gasteiger partial charge is 0.497 e. The van der Waals surface area contributed by atoms with Gasteiger partial charge in [0.1, 0.15) is 16.3 Å². The molecule has 8 heteroatoms. The molecule has 0 bridgehead atoms. The van der Waals surface area contributed by atoms with Crippen molar-refractivity contribution < 1.29 is 19.1 Å². The highest BCUT2D eigenvalue weighted by Crippen LogP contribution is 2.27. The molecule has 7 nitrogen and oxygen atoms in total. The van der Waals surface area contributed by atoms with Gasteiger partial charge in [-0.15, -0.1) is 11.3 Å². The number of methoxy groups -OCH3 is 2. The zero-order chi connectivity index (χ0) is 20.8. The molecule has 0 fully saturated rings. The Morgan fingerprint density at radius 1 is 1.00 bits per heavy atom. The Labute approximate surface area is 171 Å². The lowest BCUT2D eigenvalue weighted by molar-refractivity contribution is 0.0937. The van der Waals surface area contributed by atoms with Gasteiger partial charge in [0.05, 0.1) is 13.7 Å². The average Bonchev–Trinajstić information content (AvgIpc) is 2.74. The molecule has 0 aliphatic heterocycles. The van der Waals surface area contributed by atoms with Crippen molar-refractivity contribution in [2.24, 2.45) is 0 Å². The summed E-state index contributed by atoms with van der Waals surface area (Å²) in [5, 5.41) is 5.99. The van der Waals surface area contributed by atoms with Crippen LogP contribution in [-0.2, 0) is 4.74 Å². The third-order valence-corrected chi connectivity index (χ3v) is 5.28. The van der Waals surface area contributed by atoms with E-state index in [1.54, 1.807) is 48.5 Å². The Bertz CT molecular complexity index is 1090. The molecular formula is C21H20N2O5S. The van der Waals surface area contributed by atoms with E-state index in [4.69, 9.17) is 9.47 Å². The molecule has 0 aliphatic rings. The van der Waals surface area contributed by atoms with Crippen LogP contribution in [0.2, 0.25) is 0 Å². The SMILES string of the molecule is COCCNC(=O)c1c(NC(=O)c2ccc(OC)cc2)sc2ccccc2c1=O. The van der Waals surface area contributed by atoms with Gasteiger partial charge in [-0.2, -0.15) is 0 Å². The van der Waals surface area contributed by atoms with Crippen molar-refractivity contribution in [1.82, 2.24) is 5.32 Å². The second-order valence-corrected chi connectivity index (χ2v) is 7.11. The van der Waals surface area contributed by atoms with Crippen LogP contribution in [0.3, 0.4) is 0 Å². The number of amides is 2. The summed E-state index contributed by atoms with van der Waals surface area (Å²) in [5.74, 6) is -0.362. The van der Waals surface area contributed by atoms with E-state index in [0.29, 0.717) is 28.0 Å². The van der Waals surface area contributed by atoms with Gasteiger partial charge in [0.25, 0.3) is 11.8 Å². The minimum atomic E-state index is -0.556. The number of hydrogen-bond acceptors (Lipinski definition) is 6. The maximum atomic E-state index is 13.0. The van der Waals surface area contributed by atoms with Gasteiger partial charge >= 0.3 is 0 Å². The van der Waals surface area contributed by atoms with Gasteiger partial charge in [-0.05, 0) is 36.4 Å². The van der Waals surface area contributed by atoms with Crippen LogP contribution in [0.5, 0.6) is 5.75 Å². The highest BCUT2D eigenvalue weighted by molar-refractivity contribution is 7.22. The van der Waals surface area contributed by atoms with Gasteiger partial charge in [0.15, 0.2) is 0 Å². The Kier molecular flexibility index (Phi) is 6.58. The molecule has 150 valence electrons. The third kappa shape index (κ3) is 4.61. The van der Waals surface area contributed by atoms with Crippen molar-refractivity contribution in [1.29, 1.82) is 0 Å². The highest BCUT2D eigenvalue weighted by Gasteiger charge is 2.21. The van der Waals surface area contributed by atoms with E-state index in [0.717, 1.165) is 0 Å². The van der Waals surface area contributed by atoms with Crippen molar-refractivity contribution in [3.05, 3.63) is 69.9 Å². The van der Waals surface area contributed by atoms with Crippen LogP contribution in [0.15, 0.2) is 53.3 Å². The van der Waals surface area contributed by atoms with Crippen LogP contribution in [0.1, 0.15) is 20.7 Å². The standard InChI is InChI=1S/C21H20N2O5S/c1-27-12-11-22-20(26)17-18(24)15-5-3-4-6-16(15)29-21(17)23-19(25)13-7-9-14(28-2)10-8-13/h3-10H,11-12H2,1-2H3,(H,22,26)(H,23,25). The first-order valence-corrected chi connectivity index (χ1v) is 9.65. The number of carbonyl (C=O) groups excluding carboxylic acids is 2. The number of nitrogens with one attached hydrogen (secondary N) is 2. The molecule has 1 heterocycles. The van der Waals surface area contributed by atoms with Crippen molar-refractivity contribution in [2.75, 3.05) is 32.7 Å². The Morgan fingerprint density at radius 3 is 2.41 bits per heavy atom. The van der Waals surface area contributed by atoms with Gasteiger partial charge in [0.2, 0.25) is 5.43 Å². The average molecular weight is 412 g/mol. The van der Waals surface area contributed by atoms with Crippen molar-refractivity contribution in [3.8, 4) is 5.75 Å². The van der Waals surface area contributed by atoms with E-state index in [1.807, 2.05) is 0 Å². The van der Waals surface area contributed by atoms with Crippen LogP contribution in [0.25, 0.3) is 10.1 Å². The molecule has 2 aromatic carbocycles. The van der Waals surface area contributed by atoms with Gasteiger partial charge in [-0.1, -0.05) is 12.1 Å². The lowest BCUT2D eigenvalue weighted by Crippen LogP contribution is -2.32. The van der Waals surface area contributed by atoms with E-state index in [2.05, 4.69) is 10.6 Å². The number of carbonyl (C=O) groups is 2. The molecule has 0 atom stereocenters. The molecule has 0 unspecified atom stereocenters. The summed E-state index contributed by atoms with van der Waals surface area (Å²) >= 11 is 1.18. The second kappa shape index (κ2) is 9.31. The first kappa shape index (κ1) is 20.5.